The second kappa shape index (κ2) is 11.3. The molecule has 0 nitrogen and oxygen atoms in total. The van der Waals surface area contributed by atoms with Crippen molar-refractivity contribution in [3.63, 3.8) is 0 Å². The lowest BCUT2D eigenvalue weighted by atomic mass is 9.89. The van der Waals surface area contributed by atoms with E-state index in [1.165, 1.54) is 66.8 Å². The average Bonchev–Trinajstić information content (AvgIpc) is 2.90. The van der Waals surface area contributed by atoms with E-state index < -0.39 is 0 Å². The molecule has 0 aromatic heterocycles. The lowest BCUT2D eigenvalue weighted by Crippen LogP contribution is -1.91. The van der Waals surface area contributed by atoms with Crippen molar-refractivity contribution in [2.24, 2.45) is 0 Å². The van der Waals surface area contributed by atoms with Crippen LogP contribution < -0.4 is 0 Å². The molecule has 0 unspecified atom stereocenters. The first-order valence-corrected chi connectivity index (χ1v) is 13.3. The van der Waals surface area contributed by atoms with Crippen molar-refractivity contribution in [3.8, 4) is 22.3 Å². The van der Waals surface area contributed by atoms with Gasteiger partial charge in [0.25, 0.3) is 0 Å². The topological polar surface area (TPSA) is 0 Å². The van der Waals surface area contributed by atoms with Gasteiger partial charge in [-0.1, -0.05) is 144 Å². The zero-order valence-corrected chi connectivity index (χ0v) is 22.7. The Kier molecular flexibility index (Phi) is 7.52. The minimum Gasteiger partial charge on any atom is -0.0622 e. The number of benzene rings is 5. The van der Waals surface area contributed by atoms with Crippen molar-refractivity contribution in [3.05, 3.63) is 154 Å². The Morgan fingerprint density at radius 2 is 0.711 bits per heavy atom. The first-order chi connectivity index (χ1) is 18.4. The van der Waals surface area contributed by atoms with E-state index in [1.807, 2.05) is 0 Å². The lowest BCUT2D eigenvalue weighted by Gasteiger charge is -2.14. The van der Waals surface area contributed by atoms with E-state index in [2.05, 4.69) is 161 Å². The van der Waals surface area contributed by atoms with Gasteiger partial charge < -0.3 is 0 Å². The monoisotopic (exact) mass is 490 g/mol. The lowest BCUT2D eigenvalue weighted by molar-refractivity contribution is 1.37. The molecule has 0 radical (unpaired) electrons. The van der Waals surface area contributed by atoms with Gasteiger partial charge in [0.1, 0.15) is 0 Å². The van der Waals surface area contributed by atoms with Crippen LogP contribution in [0.1, 0.15) is 44.5 Å². The molecule has 0 fully saturated rings. The van der Waals surface area contributed by atoms with Crippen LogP contribution in [-0.4, -0.2) is 0 Å². The van der Waals surface area contributed by atoms with Gasteiger partial charge in [-0.25, -0.2) is 0 Å². The van der Waals surface area contributed by atoms with E-state index >= 15 is 0 Å². The zero-order valence-electron chi connectivity index (χ0n) is 22.7. The van der Waals surface area contributed by atoms with E-state index in [0.717, 1.165) is 0 Å². The molecule has 38 heavy (non-hydrogen) atoms. The average molecular weight is 491 g/mol. The second-order valence-corrected chi connectivity index (χ2v) is 10.3. The largest absolute Gasteiger partial charge is 0.0622 e. The van der Waals surface area contributed by atoms with E-state index in [-0.39, 0.29) is 0 Å². The molecule has 0 bridgehead atoms. The maximum absolute atomic E-state index is 2.35. The zero-order chi connectivity index (χ0) is 26.5. The molecule has 0 saturated heterocycles. The Balaban J connectivity index is 1.69. The molecular formula is C38H34. The third kappa shape index (κ3) is 6.10. The first kappa shape index (κ1) is 25.2. The Labute approximate surface area is 227 Å². The van der Waals surface area contributed by atoms with Crippen LogP contribution in [0.5, 0.6) is 0 Å². The molecule has 0 saturated carbocycles. The van der Waals surface area contributed by atoms with E-state index in [9.17, 15) is 0 Å². The molecule has 186 valence electrons. The predicted octanol–water partition coefficient (Wildman–Crippen LogP) is 10.6. The fraction of sp³-hybridized carbons (Fsp3) is 0.105. The van der Waals surface area contributed by atoms with Crippen LogP contribution in [0.2, 0.25) is 0 Å². The Morgan fingerprint density at radius 1 is 0.368 bits per heavy atom. The second-order valence-electron chi connectivity index (χ2n) is 10.3. The maximum Gasteiger partial charge on any atom is -0.0105 e. The van der Waals surface area contributed by atoms with Crippen LogP contribution in [0.3, 0.4) is 0 Å². The molecule has 0 N–H and O–H groups in total. The van der Waals surface area contributed by atoms with Crippen LogP contribution in [0.15, 0.2) is 109 Å². The van der Waals surface area contributed by atoms with Crippen molar-refractivity contribution in [2.45, 2.75) is 27.7 Å². The van der Waals surface area contributed by atoms with Crippen LogP contribution in [0.25, 0.3) is 46.6 Å². The normalized spacial score (nSPS) is 11.5. The molecule has 0 atom stereocenters. The van der Waals surface area contributed by atoms with E-state index in [0.29, 0.717) is 0 Å². The quantitative estimate of drug-likeness (QED) is 0.208. The standard InChI is InChI=1S/C38H34/c1-27-19-28(2)22-31(21-27)15-17-35-25-38(34-13-9-6-10-14-34)36(26-37(35)33-11-7-5-8-12-33)18-16-32-23-29(3)20-30(4)24-32/h5-26H,1-4H3/b17-15-,18-16-. The third-order valence-electron chi connectivity index (χ3n) is 6.79. The molecule has 5 aromatic carbocycles. The van der Waals surface area contributed by atoms with Gasteiger partial charge in [0.2, 0.25) is 0 Å². The number of hydrogen-bond donors (Lipinski definition) is 0. The van der Waals surface area contributed by atoms with Gasteiger partial charge in [0, 0.05) is 0 Å². The molecule has 5 aromatic rings. The van der Waals surface area contributed by atoms with Crippen molar-refractivity contribution in [2.75, 3.05) is 0 Å². The van der Waals surface area contributed by atoms with Gasteiger partial charge in [0.05, 0.1) is 0 Å². The van der Waals surface area contributed by atoms with E-state index in [1.54, 1.807) is 0 Å². The highest BCUT2D eigenvalue weighted by molar-refractivity contribution is 5.90. The van der Waals surface area contributed by atoms with Crippen LogP contribution in [0.4, 0.5) is 0 Å². The van der Waals surface area contributed by atoms with Gasteiger partial charge in [-0.05, 0) is 84.3 Å². The molecule has 0 aliphatic heterocycles. The molecular weight excluding hydrogens is 456 g/mol. The van der Waals surface area contributed by atoms with Crippen molar-refractivity contribution in [1.29, 1.82) is 0 Å². The summed E-state index contributed by atoms with van der Waals surface area (Å²) in [4.78, 5) is 0. The molecule has 0 heterocycles. The highest BCUT2D eigenvalue weighted by Gasteiger charge is 2.11. The van der Waals surface area contributed by atoms with Gasteiger partial charge >= 0.3 is 0 Å². The minimum absolute atomic E-state index is 1.21. The van der Waals surface area contributed by atoms with Gasteiger partial charge in [0.15, 0.2) is 0 Å². The SMILES string of the molecule is Cc1cc(C)cc(/C=C\c2cc(-c3ccccc3)c(/C=C\c3cc(C)cc(C)c3)cc2-c2ccccc2)c1. The smallest absolute Gasteiger partial charge is 0.0105 e. The van der Waals surface area contributed by atoms with E-state index in [4.69, 9.17) is 0 Å². The number of aryl methyl sites for hydroxylation is 4. The summed E-state index contributed by atoms with van der Waals surface area (Å²) in [6.07, 6.45) is 9.00. The molecule has 5 rings (SSSR count). The van der Waals surface area contributed by atoms with Crippen molar-refractivity contribution in [1.82, 2.24) is 0 Å². The van der Waals surface area contributed by atoms with Crippen LogP contribution in [0, 0.1) is 27.7 Å². The van der Waals surface area contributed by atoms with Crippen molar-refractivity contribution >= 4 is 24.3 Å². The van der Waals surface area contributed by atoms with Gasteiger partial charge in [-0.2, -0.15) is 0 Å². The van der Waals surface area contributed by atoms with Crippen molar-refractivity contribution < 1.29 is 0 Å². The van der Waals surface area contributed by atoms with Crippen LogP contribution in [-0.2, 0) is 0 Å². The summed E-state index contributed by atoms with van der Waals surface area (Å²) in [6, 6.07) is 39.5. The summed E-state index contributed by atoms with van der Waals surface area (Å²) in [5, 5.41) is 0. The minimum atomic E-state index is 1.21. The first-order valence-electron chi connectivity index (χ1n) is 13.3. The van der Waals surface area contributed by atoms with Gasteiger partial charge in [-0.15, -0.1) is 0 Å². The third-order valence-corrected chi connectivity index (χ3v) is 6.79. The molecule has 0 heteroatoms. The molecule has 0 spiro atoms. The highest BCUT2D eigenvalue weighted by Crippen LogP contribution is 2.35. The van der Waals surface area contributed by atoms with Gasteiger partial charge in [-0.3, -0.25) is 0 Å². The molecule has 0 aliphatic rings. The fourth-order valence-electron chi connectivity index (χ4n) is 5.23. The Hall–Kier alpha value is -4.42. The number of hydrogen-bond acceptors (Lipinski definition) is 0. The fourth-order valence-corrected chi connectivity index (χ4v) is 5.23. The predicted molar refractivity (Wildman–Crippen MR) is 167 cm³/mol. The summed E-state index contributed by atoms with van der Waals surface area (Å²) in [5.74, 6) is 0. The highest BCUT2D eigenvalue weighted by atomic mass is 14.1. The summed E-state index contributed by atoms with van der Waals surface area (Å²) < 4.78 is 0. The van der Waals surface area contributed by atoms with Crippen LogP contribution >= 0.6 is 0 Å². The Bertz CT molecular complexity index is 1450. The summed E-state index contributed by atoms with van der Waals surface area (Å²) in [6.45, 7) is 8.63. The summed E-state index contributed by atoms with van der Waals surface area (Å²) in [5.41, 5.74) is 14.9. The maximum atomic E-state index is 2.35. The molecule has 0 amide bonds. The number of rotatable bonds is 6. The molecule has 0 aliphatic carbocycles. The summed E-state index contributed by atoms with van der Waals surface area (Å²) >= 11 is 0. The Morgan fingerprint density at radius 3 is 1.05 bits per heavy atom. The summed E-state index contributed by atoms with van der Waals surface area (Å²) in [7, 11) is 0.